The third-order valence-electron chi connectivity index (χ3n) is 3.06. The summed E-state index contributed by atoms with van der Waals surface area (Å²) in [6.45, 7) is 5.16. The molecule has 22 heavy (non-hydrogen) atoms. The number of aromatic nitrogens is 1. The molecule has 6 nitrogen and oxygen atoms in total. The minimum Gasteiger partial charge on any atom is -0.477 e. The van der Waals surface area contributed by atoms with Gasteiger partial charge in [0.25, 0.3) is 0 Å². The molecule has 0 fully saturated rings. The van der Waals surface area contributed by atoms with Gasteiger partial charge in [0, 0.05) is 12.0 Å². The average molecular weight is 305 g/mol. The van der Waals surface area contributed by atoms with Crippen molar-refractivity contribution in [2.45, 2.75) is 32.8 Å². The lowest BCUT2D eigenvalue weighted by Crippen LogP contribution is -2.28. The number of hydrogen-bond donors (Lipinski definition) is 2. The van der Waals surface area contributed by atoms with Gasteiger partial charge >= 0.3 is 12.1 Å². The number of aliphatic hydroxyl groups is 1. The van der Waals surface area contributed by atoms with Crippen molar-refractivity contribution in [3.05, 3.63) is 35.5 Å². The molecule has 1 heterocycles. The smallest absolute Gasteiger partial charge is 0.419 e. The van der Waals surface area contributed by atoms with Crippen molar-refractivity contribution in [1.82, 2.24) is 4.57 Å². The molecule has 2 N–H and O–H groups in total. The molecule has 0 aliphatic rings. The summed E-state index contributed by atoms with van der Waals surface area (Å²) in [7, 11) is 0. The quantitative estimate of drug-likeness (QED) is 0.910. The van der Waals surface area contributed by atoms with E-state index in [2.05, 4.69) is 0 Å². The van der Waals surface area contributed by atoms with Crippen LogP contribution in [0.5, 0.6) is 0 Å². The normalized spacial score (nSPS) is 11.6. The fourth-order valence-corrected chi connectivity index (χ4v) is 2.21. The molecule has 0 atom stereocenters. The zero-order valence-corrected chi connectivity index (χ0v) is 12.8. The first kappa shape index (κ1) is 16.0. The fourth-order valence-electron chi connectivity index (χ4n) is 2.21. The van der Waals surface area contributed by atoms with Crippen molar-refractivity contribution in [3.63, 3.8) is 0 Å². The van der Waals surface area contributed by atoms with Crippen LogP contribution in [0.4, 0.5) is 4.79 Å². The third kappa shape index (κ3) is 3.28. The molecule has 0 spiro atoms. The van der Waals surface area contributed by atoms with Gasteiger partial charge in [0.05, 0.1) is 5.52 Å². The molecular weight excluding hydrogens is 286 g/mol. The van der Waals surface area contributed by atoms with Gasteiger partial charge in [-0.1, -0.05) is 6.07 Å². The van der Waals surface area contributed by atoms with E-state index in [9.17, 15) is 14.7 Å². The molecule has 2 rings (SSSR count). The lowest BCUT2D eigenvalue weighted by molar-refractivity contribution is 0.0513. The molecule has 0 unspecified atom stereocenters. The highest BCUT2D eigenvalue weighted by molar-refractivity contribution is 6.01. The molecular formula is C16H19NO5. The Morgan fingerprint density at radius 1 is 1.23 bits per heavy atom. The second-order valence-corrected chi connectivity index (χ2v) is 6.02. The van der Waals surface area contributed by atoms with Crippen LogP contribution in [-0.2, 0) is 11.2 Å². The topological polar surface area (TPSA) is 88.8 Å². The predicted molar refractivity (Wildman–Crippen MR) is 81.3 cm³/mol. The summed E-state index contributed by atoms with van der Waals surface area (Å²) in [4.78, 5) is 23.7. The summed E-state index contributed by atoms with van der Waals surface area (Å²) in [6.07, 6.45) is -0.259. The summed E-state index contributed by atoms with van der Waals surface area (Å²) >= 11 is 0. The summed E-state index contributed by atoms with van der Waals surface area (Å²) < 4.78 is 6.34. The number of carbonyl (C=O) groups excluding carboxylic acids is 1. The van der Waals surface area contributed by atoms with Crippen molar-refractivity contribution < 1.29 is 24.5 Å². The van der Waals surface area contributed by atoms with Crippen LogP contribution in [0, 0.1) is 0 Å². The van der Waals surface area contributed by atoms with Gasteiger partial charge < -0.3 is 14.9 Å². The molecule has 2 aromatic rings. The lowest BCUT2D eigenvalue weighted by atomic mass is 10.1. The van der Waals surface area contributed by atoms with Gasteiger partial charge in [0.2, 0.25) is 0 Å². The maximum atomic E-state index is 12.3. The van der Waals surface area contributed by atoms with Crippen LogP contribution in [0.3, 0.4) is 0 Å². The number of carbonyl (C=O) groups is 2. The van der Waals surface area contributed by atoms with E-state index in [1.54, 1.807) is 39.0 Å². The fraction of sp³-hybridized carbons (Fsp3) is 0.375. The number of ether oxygens (including phenoxy) is 1. The number of aromatic carboxylic acids is 1. The van der Waals surface area contributed by atoms with E-state index in [0.29, 0.717) is 17.3 Å². The van der Waals surface area contributed by atoms with E-state index in [1.165, 1.54) is 6.07 Å². The van der Waals surface area contributed by atoms with Gasteiger partial charge in [-0.25, -0.2) is 14.2 Å². The van der Waals surface area contributed by atoms with Crippen LogP contribution >= 0.6 is 0 Å². The van der Waals surface area contributed by atoms with E-state index < -0.39 is 17.7 Å². The number of benzene rings is 1. The van der Waals surface area contributed by atoms with Gasteiger partial charge in [-0.2, -0.15) is 0 Å². The van der Waals surface area contributed by atoms with Crippen LogP contribution in [0.15, 0.2) is 24.3 Å². The SMILES string of the molecule is CC(C)(C)OC(=O)n1c(C(=O)O)cc2cc(CCO)ccc21. The van der Waals surface area contributed by atoms with E-state index in [-0.39, 0.29) is 12.3 Å². The number of fused-ring (bicyclic) bond motifs is 1. The van der Waals surface area contributed by atoms with Gasteiger partial charge in [-0.05, 0) is 51.0 Å². The van der Waals surface area contributed by atoms with Crippen LogP contribution in [0.2, 0.25) is 0 Å². The Morgan fingerprint density at radius 2 is 1.91 bits per heavy atom. The van der Waals surface area contributed by atoms with Crippen LogP contribution < -0.4 is 0 Å². The van der Waals surface area contributed by atoms with E-state index in [1.807, 2.05) is 0 Å². The standard InChI is InChI=1S/C16H19NO5/c1-16(2,3)22-15(21)17-12-5-4-10(6-7-18)8-11(12)9-13(17)14(19)20/h4-5,8-9,18H,6-7H2,1-3H3,(H,19,20). The molecule has 0 saturated carbocycles. The van der Waals surface area contributed by atoms with Crippen LogP contribution in [0.25, 0.3) is 10.9 Å². The number of carboxylic acids is 1. The lowest BCUT2D eigenvalue weighted by Gasteiger charge is -2.20. The van der Waals surface area contributed by atoms with E-state index >= 15 is 0 Å². The van der Waals surface area contributed by atoms with Gasteiger partial charge in [-0.15, -0.1) is 0 Å². The highest BCUT2D eigenvalue weighted by Crippen LogP contribution is 2.23. The molecule has 1 aromatic carbocycles. The molecule has 118 valence electrons. The summed E-state index contributed by atoms with van der Waals surface area (Å²) in [5.41, 5.74) is 0.465. The van der Waals surface area contributed by atoms with Crippen LogP contribution in [-0.4, -0.2) is 39.1 Å². The number of nitrogens with zero attached hydrogens (tertiary/aromatic N) is 1. The maximum Gasteiger partial charge on any atom is 0.419 e. The maximum absolute atomic E-state index is 12.3. The summed E-state index contributed by atoms with van der Waals surface area (Å²) in [6, 6.07) is 6.61. The highest BCUT2D eigenvalue weighted by atomic mass is 16.6. The predicted octanol–water partition coefficient (Wildman–Crippen LogP) is 2.66. The Balaban J connectivity index is 2.57. The van der Waals surface area contributed by atoms with Gasteiger partial charge in [0.15, 0.2) is 0 Å². The van der Waals surface area contributed by atoms with Gasteiger partial charge in [0.1, 0.15) is 11.3 Å². The molecule has 0 bridgehead atoms. The Kier molecular flexibility index (Phi) is 4.23. The van der Waals surface area contributed by atoms with E-state index in [0.717, 1.165) is 10.1 Å². The first-order valence-corrected chi connectivity index (χ1v) is 6.95. The molecule has 6 heteroatoms. The zero-order chi connectivity index (χ0) is 16.5. The van der Waals surface area contributed by atoms with E-state index in [4.69, 9.17) is 9.84 Å². The summed E-state index contributed by atoms with van der Waals surface area (Å²) in [5, 5.41) is 18.9. The van der Waals surface area contributed by atoms with Crippen LogP contribution in [0.1, 0.15) is 36.8 Å². The molecule has 1 aromatic heterocycles. The highest BCUT2D eigenvalue weighted by Gasteiger charge is 2.24. The van der Waals surface area contributed by atoms with Gasteiger partial charge in [-0.3, -0.25) is 0 Å². The zero-order valence-electron chi connectivity index (χ0n) is 12.8. The third-order valence-corrected chi connectivity index (χ3v) is 3.06. The van der Waals surface area contributed by atoms with Crippen molar-refractivity contribution in [3.8, 4) is 0 Å². The second kappa shape index (κ2) is 5.81. The molecule has 0 radical (unpaired) electrons. The summed E-state index contributed by atoms with van der Waals surface area (Å²) in [5.74, 6) is -1.20. The Labute approximate surface area is 127 Å². The van der Waals surface area contributed by atoms with Crippen molar-refractivity contribution in [1.29, 1.82) is 0 Å². The first-order valence-electron chi connectivity index (χ1n) is 6.95. The number of rotatable bonds is 3. The minimum atomic E-state index is -1.20. The average Bonchev–Trinajstić information content (AvgIpc) is 2.75. The largest absolute Gasteiger partial charge is 0.477 e. The number of carboxylic acid groups (broad SMARTS) is 1. The van der Waals surface area contributed by atoms with Crippen molar-refractivity contribution in [2.75, 3.05) is 6.61 Å². The molecule has 0 aliphatic carbocycles. The molecule has 0 aliphatic heterocycles. The Hall–Kier alpha value is -2.34. The monoisotopic (exact) mass is 305 g/mol. The molecule has 0 amide bonds. The Morgan fingerprint density at radius 3 is 2.45 bits per heavy atom. The first-order chi connectivity index (χ1) is 10.2. The number of aliphatic hydroxyl groups excluding tert-OH is 1. The number of hydrogen-bond acceptors (Lipinski definition) is 4. The van der Waals surface area contributed by atoms with Crippen molar-refractivity contribution in [2.24, 2.45) is 0 Å². The minimum absolute atomic E-state index is 0.00404. The molecule has 0 saturated heterocycles. The van der Waals surface area contributed by atoms with Crippen molar-refractivity contribution >= 4 is 23.0 Å². The second-order valence-electron chi connectivity index (χ2n) is 6.02. The Bertz CT molecular complexity index is 724.